The Labute approximate surface area is 98.4 Å². The number of phenolic OH excluding ortho intramolecular Hbond substituents is 1. The van der Waals surface area contributed by atoms with Gasteiger partial charge < -0.3 is 15.6 Å². The van der Waals surface area contributed by atoms with E-state index in [-0.39, 0.29) is 11.8 Å². The summed E-state index contributed by atoms with van der Waals surface area (Å²) in [6, 6.07) is 3.63. The number of nitrogens with two attached hydrogens (primary N) is 1. The van der Waals surface area contributed by atoms with Crippen molar-refractivity contribution >= 4 is 15.9 Å². The largest absolute Gasteiger partial charge is 0.504 e. The van der Waals surface area contributed by atoms with Crippen molar-refractivity contribution in [2.24, 2.45) is 5.73 Å². The first-order chi connectivity index (χ1) is 7.10. The van der Waals surface area contributed by atoms with Crippen molar-refractivity contribution in [2.75, 3.05) is 7.11 Å². The van der Waals surface area contributed by atoms with Crippen LogP contribution < -0.4 is 10.5 Å². The lowest BCUT2D eigenvalue weighted by Gasteiger charge is -2.14. The summed E-state index contributed by atoms with van der Waals surface area (Å²) in [5.41, 5.74) is 6.67. The topological polar surface area (TPSA) is 55.5 Å². The molecule has 3 nitrogen and oxygen atoms in total. The van der Waals surface area contributed by atoms with Gasteiger partial charge in [0.25, 0.3) is 0 Å². The summed E-state index contributed by atoms with van der Waals surface area (Å²) in [5, 5.41) is 9.90. The molecule has 0 fully saturated rings. The molecule has 1 rings (SSSR count). The van der Waals surface area contributed by atoms with Gasteiger partial charge in [-0.25, -0.2) is 0 Å². The number of aromatic hydroxyl groups is 1. The lowest BCUT2D eigenvalue weighted by Crippen LogP contribution is -2.21. The average Bonchev–Trinajstić information content (AvgIpc) is 2.24. The van der Waals surface area contributed by atoms with Gasteiger partial charge >= 0.3 is 0 Å². The number of methoxy groups -OCH3 is 1. The molecule has 0 aliphatic rings. The predicted octanol–water partition coefficient (Wildman–Crippen LogP) is 2.44. The van der Waals surface area contributed by atoms with Gasteiger partial charge in [0.1, 0.15) is 0 Å². The molecule has 15 heavy (non-hydrogen) atoms. The molecule has 0 amide bonds. The van der Waals surface area contributed by atoms with Gasteiger partial charge in [-0.1, -0.05) is 22.9 Å². The highest BCUT2D eigenvalue weighted by molar-refractivity contribution is 9.10. The van der Waals surface area contributed by atoms with Crippen molar-refractivity contribution in [1.82, 2.24) is 0 Å². The van der Waals surface area contributed by atoms with E-state index in [9.17, 15) is 5.11 Å². The van der Waals surface area contributed by atoms with E-state index in [0.717, 1.165) is 16.5 Å². The Balaban J connectivity index is 3.04. The third-order valence-electron chi connectivity index (χ3n) is 2.40. The van der Waals surface area contributed by atoms with Crippen LogP contribution in [0.3, 0.4) is 0 Å². The predicted molar refractivity (Wildman–Crippen MR) is 64.3 cm³/mol. The Kier molecular flexibility index (Phi) is 4.42. The van der Waals surface area contributed by atoms with Gasteiger partial charge in [0.2, 0.25) is 0 Å². The maximum Gasteiger partial charge on any atom is 0.162 e. The molecule has 1 atom stereocenters. The van der Waals surface area contributed by atoms with Crippen molar-refractivity contribution < 1.29 is 9.84 Å². The van der Waals surface area contributed by atoms with Crippen LogP contribution in [-0.4, -0.2) is 18.3 Å². The number of rotatable bonds is 4. The van der Waals surface area contributed by atoms with E-state index in [1.807, 2.05) is 13.0 Å². The molecule has 0 spiro atoms. The first kappa shape index (κ1) is 12.3. The quantitative estimate of drug-likeness (QED) is 0.886. The number of hydrogen-bond donors (Lipinski definition) is 2. The van der Waals surface area contributed by atoms with Crippen LogP contribution in [0.5, 0.6) is 11.5 Å². The third-order valence-corrected chi connectivity index (χ3v) is 3.14. The molecule has 0 saturated carbocycles. The van der Waals surface area contributed by atoms with Gasteiger partial charge in [0.05, 0.1) is 7.11 Å². The van der Waals surface area contributed by atoms with Crippen LogP contribution in [0.25, 0.3) is 0 Å². The maximum absolute atomic E-state index is 9.90. The Morgan fingerprint density at radius 2 is 2.20 bits per heavy atom. The van der Waals surface area contributed by atoms with E-state index in [4.69, 9.17) is 10.5 Å². The molecule has 3 N–H and O–H groups in total. The second kappa shape index (κ2) is 5.37. The van der Waals surface area contributed by atoms with E-state index in [1.165, 1.54) is 7.11 Å². The lowest BCUT2D eigenvalue weighted by molar-refractivity contribution is 0.369. The summed E-state index contributed by atoms with van der Waals surface area (Å²) in [6.07, 6.45) is 1.52. The minimum atomic E-state index is 0.0549. The van der Waals surface area contributed by atoms with Crippen molar-refractivity contribution in [1.29, 1.82) is 0 Å². The first-order valence-electron chi connectivity index (χ1n) is 4.90. The summed E-state index contributed by atoms with van der Waals surface area (Å²) in [5.74, 6) is 0.660. The minimum Gasteiger partial charge on any atom is -0.504 e. The normalized spacial score (nSPS) is 12.5. The second-order valence-electron chi connectivity index (χ2n) is 3.45. The average molecular weight is 274 g/mol. The zero-order valence-corrected chi connectivity index (χ0v) is 10.5. The van der Waals surface area contributed by atoms with Gasteiger partial charge in [-0.15, -0.1) is 0 Å². The summed E-state index contributed by atoms with van der Waals surface area (Å²) >= 11 is 3.40. The van der Waals surface area contributed by atoms with E-state index in [0.29, 0.717) is 12.2 Å². The lowest BCUT2D eigenvalue weighted by atomic mass is 10.0. The van der Waals surface area contributed by atoms with E-state index >= 15 is 0 Å². The van der Waals surface area contributed by atoms with Gasteiger partial charge in [-0.3, -0.25) is 0 Å². The molecule has 1 unspecified atom stereocenters. The summed E-state index contributed by atoms with van der Waals surface area (Å²) in [6.45, 7) is 2.02. The fourth-order valence-electron chi connectivity index (χ4n) is 1.36. The van der Waals surface area contributed by atoms with Crippen LogP contribution >= 0.6 is 15.9 Å². The molecule has 4 heteroatoms. The Morgan fingerprint density at radius 1 is 1.53 bits per heavy atom. The fraction of sp³-hybridized carbons (Fsp3) is 0.455. The zero-order valence-electron chi connectivity index (χ0n) is 8.96. The van der Waals surface area contributed by atoms with Gasteiger partial charge in [0.15, 0.2) is 11.5 Å². The number of benzene rings is 1. The SMILES string of the molecule is CCC(N)Cc1c(Br)ccc(OC)c1O. The molecule has 0 radical (unpaired) electrons. The maximum atomic E-state index is 9.90. The summed E-state index contributed by atoms with van der Waals surface area (Å²) in [7, 11) is 1.53. The Bertz CT molecular complexity index is 342. The van der Waals surface area contributed by atoms with Gasteiger partial charge in [0, 0.05) is 16.1 Å². The molecule has 0 saturated heterocycles. The third kappa shape index (κ3) is 2.86. The van der Waals surface area contributed by atoms with Crippen LogP contribution in [0.1, 0.15) is 18.9 Å². The van der Waals surface area contributed by atoms with E-state index in [1.54, 1.807) is 6.07 Å². The summed E-state index contributed by atoms with van der Waals surface area (Å²) < 4.78 is 5.91. The number of halogens is 1. The molecule has 1 aromatic carbocycles. The van der Waals surface area contributed by atoms with Crippen LogP contribution in [-0.2, 0) is 6.42 Å². The second-order valence-corrected chi connectivity index (χ2v) is 4.30. The van der Waals surface area contributed by atoms with Crippen molar-refractivity contribution in [3.63, 3.8) is 0 Å². The van der Waals surface area contributed by atoms with Crippen LogP contribution in [0, 0.1) is 0 Å². The van der Waals surface area contributed by atoms with Crippen LogP contribution in [0.2, 0.25) is 0 Å². The van der Waals surface area contributed by atoms with Crippen molar-refractivity contribution in [3.8, 4) is 11.5 Å². The standard InChI is InChI=1S/C11H16BrNO2/c1-3-7(13)6-8-9(12)4-5-10(15-2)11(8)14/h4-5,7,14H,3,6,13H2,1-2H3. The molecule has 0 aliphatic heterocycles. The number of phenols is 1. The Hall–Kier alpha value is -0.740. The monoisotopic (exact) mass is 273 g/mol. The minimum absolute atomic E-state index is 0.0549. The first-order valence-corrected chi connectivity index (χ1v) is 5.69. The number of hydrogen-bond acceptors (Lipinski definition) is 3. The van der Waals surface area contributed by atoms with Gasteiger partial charge in [-0.2, -0.15) is 0 Å². The summed E-state index contributed by atoms with van der Waals surface area (Å²) in [4.78, 5) is 0. The molecule has 0 aliphatic carbocycles. The fourth-order valence-corrected chi connectivity index (χ4v) is 1.84. The molecule has 0 heterocycles. The van der Waals surface area contributed by atoms with Crippen molar-refractivity contribution in [2.45, 2.75) is 25.8 Å². The van der Waals surface area contributed by atoms with Crippen LogP contribution in [0.15, 0.2) is 16.6 Å². The van der Waals surface area contributed by atoms with E-state index in [2.05, 4.69) is 15.9 Å². The van der Waals surface area contributed by atoms with Gasteiger partial charge in [-0.05, 0) is 25.0 Å². The zero-order chi connectivity index (χ0) is 11.4. The molecule has 84 valence electrons. The van der Waals surface area contributed by atoms with Crippen molar-refractivity contribution in [3.05, 3.63) is 22.2 Å². The smallest absolute Gasteiger partial charge is 0.162 e. The van der Waals surface area contributed by atoms with E-state index < -0.39 is 0 Å². The highest BCUT2D eigenvalue weighted by atomic mass is 79.9. The molecule has 0 aromatic heterocycles. The molecule has 1 aromatic rings. The number of ether oxygens (including phenoxy) is 1. The molecular formula is C11H16BrNO2. The highest BCUT2D eigenvalue weighted by Gasteiger charge is 2.13. The highest BCUT2D eigenvalue weighted by Crippen LogP contribution is 2.35. The Morgan fingerprint density at radius 3 is 2.73 bits per heavy atom. The molecular weight excluding hydrogens is 258 g/mol. The molecule has 0 bridgehead atoms. The van der Waals surface area contributed by atoms with Crippen LogP contribution in [0.4, 0.5) is 0 Å².